The molecule has 8 nitrogen and oxygen atoms in total. The lowest BCUT2D eigenvalue weighted by atomic mass is 10.0. The van der Waals surface area contributed by atoms with E-state index < -0.39 is 0 Å². The van der Waals surface area contributed by atoms with Crippen molar-refractivity contribution in [3.63, 3.8) is 0 Å². The lowest BCUT2D eigenvalue weighted by Crippen LogP contribution is -2.47. The maximum absolute atomic E-state index is 12.0. The molecule has 1 amide bonds. The van der Waals surface area contributed by atoms with Crippen LogP contribution >= 0.6 is 0 Å². The van der Waals surface area contributed by atoms with Crippen molar-refractivity contribution in [2.45, 2.75) is 52.6 Å². The maximum Gasteiger partial charge on any atom is 0.254 e. The summed E-state index contributed by atoms with van der Waals surface area (Å²) in [5.41, 5.74) is 2.14. The number of hydrogen-bond donors (Lipinski definition) is 1. The molecule has 0 atom stereocenters. The molecule has 0 spiro atoms. The van der Waals surface area contributed by atoms with E-state index in [0.29, 0.717) is 18.4 Å². The van der Waals surface area contributed by atoms with Crippen LogP contribution in [0.15, 0.2) is 6.33 Å². The molecule has 26 heavy (non-hydrogen) atoms. The lowest BCUT2D eigenvalue weighted by molar-refractivity contribution is -0.123. The number of aromatic nitrogens is 4. The number of aryl methyl sites for hydroxylation is 1. The summed E-state index contributed by atoms with van der Waals surface area (Å²) in [6.45, 7) is 10.4. The Morgan fingerprint density at radius 2 is 2.04 bits per heavy atom. The highest BCUT2D eigenvalue weighted by atomic mass is 16.2. The first-order valence-corrected chi connectivity index (χ1v) is 9.28. The van der Waals surface area contributed by atoms with Crippen molar-refractivity contribution >= 4 is 17.5 Å². The summed E-state index contributed by atoms with van der Waals surface area (Å²) in [7, 11) is 2.04. The SMILES string of the molecule is Cc1nc2ncnn2c(N2CCC(N(C)CC(=O)NC(C)C)CC2)c1C. The smallest absolute Gasteiger partial charge is 0.254 e. The summed E-state index contributed by atoms with van der Waals surface area (Å²) >= 11 is 0. The van der Waals surface area contributed by atoms with E-state index in [9.17, 15) is 4.79 Å². The Morgan fingerprint density at radius 3 is 2.69 bits per heavy atom. The summed E-state index contributed by atoms with van der Waals surface area (Å²) in [6, 6.07) is 0.597. The standard InChI is InChI=1S/C18H29N7O/c1-12(2)21-16(26)10-23(5)15-6-8-24(9-7-15)17-13(3)14(4)22-18-19-11-20-25(17)18/h11-12,15H,6-10H2,1-5H3,(H,21,26). The van der Waals surface area contributed by atoms with Crippen molar-refractivity contribution in [2.75, 3.05) is 31.6 Å². The van der Waals surface area contributed by atoms with E-state index in [2.05, 4.69) is 37.1 Å². The monoisotopic (exact) mass is 359 g/mol. The normalized spacial score (nSPS) is 16.0. The average molecular weight is 359 g/mol. The van der Waals surface area contributed by atoms with Gasteiger partial charge in [-0.25, -0.2) is 4.98 Å². The second-order valence-corrected chi connectivity index (χ2v) is 7.47. The molecule has 1 aliphatic rings. The van der Waals surface area contributed by atoms with Crippen LogP contribution in [0.1, 0.15) is 37.9 Å². The molecule has 3 heterocycles. The summed E-state index contributed by atoms with van der Waals surface area (Å²) in [4.78, 5) is 25.3. The van der Waals surface area contributed by atoms with Crippen LogP contribution in [0.4, 0.5) is 5.82 Å². The van der Waals surface area contributed by atoms with Crippen LogP contribution in [0.2, 0.25) is 0 Å². The predicted molar refractivity (Wildman–Crippen MR) is 101 cm³/mol. The minimum Gasteiger partial charge on any atom is -0.356 e. The van der Waals surface area contributed by atoms with E-state index in [1.807, 2.05) is 32.3 Å². The Balaban J connectivity index is 1.67. The number of hydrogen-bond acceptors (Lipinski definition) is 6. The van der Waals surface area contributed by atoms with Gasteiger partial charge in [0.2, 0.25) is 5.91 Å². The first-order chi connectivity index (χ1) is 12.4. The van der Waals surface area contributed by atoms with Gasteiger partial charge in [0.05, 0.1) is 6.54 Å². The zero-order chi connectivity index (χ0) is 18.8. The van der Waals surface area contributed by atoms with Crippen LogP contribution in [0.5, 0.6) is 0 Å². The van der Waals surface area contributed by atoms with Gasteiger partial charge in [0, 0.05) is 36.4 Å². The fourth-order valence-corrected chi connectivity index (χ4v) is 3.63. The number of anilines is 1. The van der Waals surface area contributed by atoms with Crippen LogP contribution < -0.4 is 10.2 Å². The minimum atomic E-state index is 0.0925. The summed E-state index contributed by atoms with van der Waals surface area (Å²) < 4.78 is 1.84. The first-order valence-electron chi connectivity index (χ1n) is 9.28. The third-order valence-corrected chi connectivity index (χ3v) is 5.11. The van der Waals surface area contributed by atoms with Gasteiger partial charge in [-0.05, 0) is 47.6 Å². The molecule has 8 heteroatoms. The van der Waals surface area contributed by atoms with E-state index in [-0.39, 0.29) is 11.9 Å². The van der Waals surface area contributed by atoms with Gasteiger partial charge >= 0.3 is 0 Å². The van der Waals surface area contributed by atoms with E-state index >= 15 is 0 Å². The molecule has 1 fully saturated rings. The molecule has 142 valence electrons. The number of fused-ring (bicyclic) bond motifs is 1. The largest absolute Gasteiger partial charge is 0.356 e. The van der Waals surface area contributed by atoms with Gasteiger partial charge in [-0.1, -0.05) is 0 Å². The zero-order valence-electron chi connectivity index (χ0n) is 16.4. The molecule has 3 rings (SSSR count). The Morgan fingerprint density at radius 1 is 1.35 bits per heavy atom. The number of nitrogens with one attached hydrogen (secondary N) is 1. The van der Waals surface area contributed by atoms with Crippen LogP contribution in [-0.4, -0.2) is 69.2 Å². The van der Waals surface area contributed by atoms with E-state index in [4.69, 9.17) is 0 Å². The number of nitrogens with zero attached hydrogens (tertiary/aromatic N) is 6. The Bertz CT molecular complexity index is 777. The van der Waals surface area contributed by atoms with E-state index in [1.54, 1.807) is 6.33 Å². The highest BCUT2D eigenvalue weighted by Crippen LogP contribution is 2.26. The van der Waals surface area contributed by atoms with Crippen molar-refractivity contribution in [3.8, 4) is 0 Å². The molecule has 0 saturated carbocycles. The van der Waals surface area contributed by atoms with Gasteiger partial charge in [0.1, 0.15) is 12.1 Å². The highest BCUT2D eigenvalue weighted by Gasteiger charge is 2.26. The molecule has 2 aromatic heterocycles. The number of piperidine rings is 1. The molecule has 0 radical (unpaired) electrons. The number of likely N-dealkylation sites (N-methyl/N-ethyl adjacent to an activating group) is 1. The van der Waals surface area contributed by atoms with Crippen molar-refractivity contribution in [1.29, 1.82) is 0 Å². The maximum atomic E-state index is 12.0. The van der Waals surface area contributed by atoms with Crippen LogP contribution in [0, 0.1) is 13.8 Å². The van der Waals surface area contributed by atoms with Gasteiger partial charge in [-0.2, -0.15) is 14.6 Å². The molecule has 1 aliphatic heterocycles. The Hall–Kier alpha value is -2.22. The summed E-state index contributed by atoms with van der Waals surface area (Å²) in [5, 5.41) is 7.32. The van der Waals surface area contributed by atoms with Gasteiger partial charge in [-0.15, -0.1) is 0 Å². The van der Waals surface area contributed by atoms with Crippen LogP contribution in [0.3, 0.4) is 0 Å². The van der Waals surface area contributed by atoms with Gasteiger partial charge in [0.25, 0.3) is 5.78 Å². The van der Waals surface area contributed by atoms with Crippen molar-refractivity contribution in [1.82, 2.24) is 29.8 Å². The second kappa shape index (κ2) is 7.57. The van der Waals surface area contributed by atoms with Gasteiger partial charge in [0.15, 0.2) is 0 Å². The average Bonchev–Trinajstić information content (AvgIpc) is 3.03. The fraction of sp³-hybridized carbons (Fsp3) is 0.667. The quantitative estimate of drug-likeness (QED) is 0.863. The minimum absolute atomic E-state index is 0.0925. The third-order valence-electron chi connectivity index (χ3n) is 5.11. The van der Waals surface area contributed by atoms with Crippen molar-refractivity contribution in [2.24, 2.45) is 0 Å². The summed E-state index contributed by atoms with van der Waals surface area (Å²) in [5.74, 6) is 1.83. The molecule has 0 unspecified atom stereocenters. The second-order valence-electron chi connectivity index (χ2n) is 7.47. The van der Waals surface area contributed by atoms with Crippen molar-refractivity contribution < 1.29 is 4.79 Å². The molecule has 1 N–H and O–H groups in total. The Kier molecular flexibility index (Phi) is 5.41. The molecular weight excluding hydrogens is 330 g/mol. The highest BCUT2D eigenvalue weighted by molar-refractivity contribution is 5.78. The van der Waals surface area contributed by atoms with Crippen LogP contribution in [-0.2, 0) is 4.79 Å². The molecular formula is C18H29N7O. The Labute approximate surface area is 154 Å². The van der Waals surface area contributed by atoms with E-state index in [1.165, 1.54) is 0 Å². The molecule has 1 saturated heterocycles. The third kappa shape index (κ3) is 3.80. The predicted octanol–water partition coefficient (Wildman–Crippen LogP) is 1.17. The van der Waals surface area contributed by atoms with Crippen LogP contribution in [0.25, 0.3) is 5.78 Å². The number of rotatable bonds is 5. The topological polar surface area (TPSA) is 78.7 Å². The first kappa shape index (κ1) is 18.6. The molecule has 0 aliphatic carbocycles. The molecule has 0 aromatic carbocycles. The van der Waals surface area contributed by atoms with E-state index in [0.717, 1.165) is 43.0 Å². The van der Waals surface area contributed by atoms with Crippen molar-refractivity contribution in [3.05, 3.63) is 17.6 Å². The lowest BCUT2D eigenvalue weighted by Gasteiger charge is -2.38. The van der Waals surface area contributed by atoms with Gasteiger partial charge < -0.3 is 10.2 Å². The molecule has 2 aromatic rings. The summed E-state index contributed by atoms with van der Waals surface area (Å²) in [6.07, 6.45) is 3.59. The zero-order valence-corrected chi connectivity index (χ0v) is 16.4. The number of amides is 1. The number of carbonyl (C=O) groups excluding carboxylic acids is 1. The number of carbonyl (C=O) groups is 1. The fourth-order valence-electron chi connectivity index (χ4n) is 3.63. The molecule has 0 bridgehead atoms. The van der Waals surface area contributed by atoms with Gasteiger partial charge in [-0.3, -0.25) is 9.69 Å².